The van der Waals surface area contributed by atoms with E-state index in [1.807, 2.05) is 0 Å². The maximum atomic E-state index is 13.6. The molecular weight excluding hydrogens is 466 g/mol. The van der Waals surface area contributed by atoms with Crippen molar-refractivity contribution < 1.29 is 36.2 Å². The summed E-state index contributed by atoms with van der Waals surface area (Å²) in [6.45, 7) is 14.1. The Morgan fingerprint density at radius 1 is 1.24 bits per heavy atom. The van der Waals surface area contributed by atoms with Crippen molar-refractivity contribution in [3.05, 3.63) is 11.4 Å². The van der Waals surface area contributed by atoms with Crippen LogP contribution < -0.4 is 0 Å². The monoisotopic (exact) mass is 511 g/mol. The molecule has 0 aromatic heterocycles. The zero-order valence-electron chi connectivity index (χ0n) is 23.0. The molecule has 0 aromatic carbocycles. The van der Waals surface area contributed by atoms with Gasteiger partial charge in [-0.15, -0.1) is 0 Å². The predicted molar refractivity (Wildman–Crippen MR) is 127 cm³/mol. The Balaban J connectivity index is 1.72. The minimum atomic E-state index is -3.51. The fraction of sp³-hybridized carbons (Fsp3) is 0.955. The fourth-order valence-electron chi connectivity index (χ4n) is 4.25. The first-order chi connectivity index (χ1) is 17.1. The number of hydrogen-bond acceptors (Lipinski definition) is 8. The average Bonchev–Trinajstić information content (AvgIpc) is 3.33. The third-order valence-electron chi connectivity index (χ3n) is 5.72. The summed E-state index contributed by atoms with van der Waals surface area (Å²) in [5.41, 5.74) is 0. The second kappa shape index (κ2) is 12.7. The Labute approximate surface area is 204 Å². The van der Waals surface area contributed by atoms with E-state index in [-0.39, 0.29) is 44.7 Å². The van der Waals surface area contributed by atoms with Gasteiger partial charge in [0.2, 0.25) is 6.54 Å². The van der Waals surface area contributed by atoms with Crippen molar-refractivity contribution in [1.82, 2.24) is 4.67 Å². The van der Waals surface area contributed by atoms with Gasteiger partial charge in [-0.3, -0.25) is 4.57 Å². The summed E-state index contributed by atoms with van der Waals surface area (Å²) in [6, 6.07) is 0.270. The number of hydrogen-bond donors (Lipinski definition) is 0. The summed E-state index contributed by atoms with van der Waals surface area (Å²) in [7, 11) is -5.04. The maximum Gasteiger partial charge on any atom is 0.331 e. The van der Waals surface area contributed by atoms with Gasteiger partial charge in [-0.1, -0.05) is 0 Å². The molecule has 3 aliphatic heterocycles. The van der Waals surface area contributed by atoms with Gasteiger partial charge in [0, 0.05) is 39.5 Å². The summed E-state index contributed by atoms with van der Waals surface area (Å²) in [6.07, 6.45) is -0.928. The molecule has 0 amide bonds. The van der Waals surface area contributed by atoms with Gasteiger partial charge in [0.05, 0.1) is 33.3 Å². The van der Waals surface area contributed by atoms with E-state index in [1.165, 1.54) is 0 Å². The van der Waals surface area contributed by atoms with Gasteiger partial charge in [-0.25, -0.2) is 11.2 Å². The van der Waals surface area contributed by atoms with E-state index in [0.29, 0.717) is 19.3 Å². The Morgan fingerprint density at radius 3 is 2.67 bits per heavy atom. The lowest BCUT2D eigenvalue weighted by Gasteiger charge is -2.39. The van der Waals surface area contributed by atoms with Gasteiger partial charge < -0.3 is 32.4 Å². The first kappa shape index (κ1) is 23.3. The molecule has 9 nitrogen and oxygen atoms in total. The van der Waals surface area contributed by atoms with Crippen LogP contribution in [-0.2, 0) is 32.1 Å². The molecule has 0 spiro atoms. The van der Waals surface area contributed by atoms with E-state index in [0.717, 1.165) is 0 Å². The number of nitrogens with zero attached hydrogens (tertiary/aromatic N) is 2. The van der Waals surface area contributed by atoms with Crippen LogP contribution in [0, 0.1) is 6.57 Å². The fourth-order valence-corrected chi connectivity index (χ4v) is 8.08. The molecule has 3 fully saturated rings. The first-order valence-corrected chi connectivity index (χ1v) is 14.5. The summed E-state index contributed by atoms with van der Waals surface area (Å²) in [4.78, 5) is 3.37. The molecule has 11 heteroatoms. The SMILES string of the molecule is [2H]C[C@H]1O[C@H]([3H])C[C@@H]1O[P@]1(=O)CCC[C@H]([C@H]2O[C@H]([3H])C[C@@H]2OP(OCC[N+]#[C-])N(C(C)C)C(C)C)O1. The molecule has 0 aromatic rings. The van der Waals surface area contributed by atoms with E-state index < -0.39 is 59.8 Å². The van der Waals surface area contributed by atoms with Crippen molar-refractivity contribution in [2.24, 2.45) is 0 Å². The van der Waals surface area contributed by atoms with Crippen LogP contribution in [0.1, 0.15) is 64.4 Å². The van der Waals surface area contributed by atoms with Crippen LogP contribution in [0.25, 0.3) is 4.85 Å². The van der Waals surface area contributed by atoms with E-state index in [9.17, 15) is 4.57 Å². The molecule has 3 aliphatic rings. The summed E-state index contributed by atoms with van der Waals surface area (Å²) in [5.74, 6) is 0. The van der Waals surface area contributed by atoms with Crippen LogP contribution in [0.3, 0.4) is 0 Å². The van der Waals surface area contributed by atoms with Gasteiger partial charge in [-0.2, -0.15) is 0 Å². The molecule has 0 radical (unpaired) electrons. The van der Waals surface area contributed by atoms with E-state index >= 15 is 0 Å². The molecule has 3 saturated heterocycles. The minimum Gasteiger partial charge on any atom is -0.376 e. The van der Waals surface area contributed by atoms with Crippen molar-refractivity contribution >= 4 is 16.1 Å². The Kier molecular flexibility index (Phi) is 8.97. The lowest BCUT2D eigenvalue weighted by atomic mass is 10.0. The third kappa shape index (κ3) is 7.43. The smallest absolute Gasteiger partial charge is 0.331 e. The first-order valence-electron chi connectivity index (χ1n) is 13.5. The van der Waals surface area contributed by atoms with E-state index in [2.05, 4.69) is 37.2 Å². The highest BCUT2D eigenvalue weighted by Gasteiger charge is 2.46. The second-order valence-corrected chi connectivity index (χ2v) is 12.5. The van der Waals surface area contributed by atoms with Crippen molar-refractivity contribution in [3.63, 3.8) is 0 Å². The zero-order chi connectivity index (χ0) is 26.5. The molecule has 0 aliphatic carbocycles. The molecule has 190 valence electrons. The normalized spacial score (nSPS) is 41.8. The predicted octanol–water partition coefficient (Wildman–Crippen LogP) is 5.01. The van der Waals surface area contributed by atoms with Crippen LogP contribution in [-0.4, -0.2) is 79.8 Å². The van der Waals surface area contributed by atoms with Gasteiger partial charge in [0.1, 0.15) is 12.7 Å². The van der Waals surface area contributed by atoms with Crippen molar-refractivity contribution in [2.45, 2.75) is 103 Å². The van der Waals surface area contributed by atoms with Crippen molar-refractivity contribution in [1.29, 1.82) is 0 Å². The second-order valence-electron chi connectivity index (χ2n) is 9.01. The van der Waals surface area contributed by atoms with Gasteiger partial charge in [0.15, 0.2) is 0 Å². The van der Waals surface area contributed by atoms with Crippen LogP contribution in [0.5, 0.6) is 0 Å². The van der Waals surface area contributed by atoms with Crippen LogP contribution in [0.2, 0.25) is 0 Å². The molecule has 0 bridgehead atoms. The lowest BCUT2D eigenvalue weighted by Crippen LogP contribution is -2.41. The summed E-state index contributed by atoms with van der Waals surface area (Å²) in [5, 5.41) is 0. The zero-order valence-corrected chi connectivity index (χ0v) is 21.8. The molecule has 3 heterocycles. The van der Waals surface area contributed by atoms with E-state index in [4.69, 9.17) is 38.3 Å². The van der Waals surface area contributed by atoms with Crippen LogP contribution in [0.15, 0.2) is 0 Å². The number of rotatable bonds is 11. The van der Waals surface area contributed by atoms with Crippen LogP contribution in [0.4, 0.5) is 0 Å². The van der Waals surface area contributed by atoms with Crippen molar-refractivity contribution in [2.75, 3.05) is 32.5 Å². The molecule has 33 heavy (non-hydrogen) atoms. The highest BCUT2D eigenvalue weighted by molar-refractivity contribution is 7.53. The maximum absolute atomic E-state index is 13.6. The van der Waals surface area contributed by atoms with E-state index in [1.54, 1.807) is 0 Å². The van der Waals surface area contributed by atoms with Crippen molar-refractivity contribution in [3.8, 4) is 0 Å². The Morgan fingerprint density at radius 2 is 1.97 bits per heavy atom. The molecular formula is C22H40N2O7P2. The standard InChI is InChI=1S/C22H40N2O7P2/c1-16(2)24(17(3)4)32(28-14-11-23-6)29-20-10-13-27-22(20)21-8-7-15-33(25,31-21)30-19-9-12-26-18(19)5/h16-22H,7-15H2,1-5H3/t18-,19+,20+,21-,22+,32?,33-/m1/s1/i5D,12T,13T/t12-,13-,18-,19+,20+,21-,22+,32?,33-. The molecule has 3 rings (SSSR count). The Hall–Kier alpha value is -0.130. The quantitative estimate of drug-likeness (QED) is 0.218. The van der Waals surface area contributed by atoms with Gasteiger partial charge in [-0.05, 0) is 47.4 Å². The number of ether oxygens (including phenoxy) is 2. The average molecular weight is 512 g/mol. The summed E-state index contributed by atoms with van der Waals surface area (Å²) >= 11 is 0. The topological polar surface area (TPSA) is 80.1 Å². The summed E-state index contributed by atoms with van der Waals surface area (Å²) < 4.78 is 75.1. The van der Waals surface area contributed by atoms with Crippen LogP contribution >= 0.6 is 16.1 Å². The Bertz CT molecular complexity index is 785. The highest BCUT2D eigenvalue weighted by Crippen LogP contribution is 2.57. The van der Waals surface area contributed by atoms with Gasteiger partial charge in [0.25, 0.3) is 8.53 Å². The lowest BCUT2D eigenvalue weighted by molar-refractivity contribution is -0.0481. The van der Waals surface area contributed by atoms with Gasteiger partial charge >= 0.3 is 7.60 Å². The minimum absolute atomic E-state index is 0.0785. The molecule has 0 saturated carbocycles. The molecule has 0 N–H and O–H groups in total. The molecule has 9 atom stereocenters. The third-order valence-corrected chi connectivity index (χ3v) is 9.92. The largest absolute Gasteiger partial charge is 0.376 e. The highest BCUT2D eigenvalue weighted by atomic mass is 31.2. The molecule has 1 unspecified atom stereocenters.